The van der Waals surface area contributed by atoms with E-state index in [-0.39, 0.29) is 22.3 Å². The van der Waals surface area contributed by atoms with Crippen molar-refractivity contribution in [1.29, 1.82) is 0 Å². The van der Waals surface area contributed by atoms with Crippen LogP contribution < -0.4 is 14.6 Å². The Labute approximate surface area is 114 Å². The van der Waals surface area contributed by atoms with Crippen LogP contribution in [0.3, 0.4) is 0 Å². The molecule has 0 fully saturated rings. The molecule has 0 saturated heterocycles. The van der Waals surface area contributed by atoms with Gasteiger partial charge in [0.1, 0.15) is 11.3 Å². The van der Waals surface area contributed by atoms with Gasteiger partial charge in [-0.1, -0.05) is 16.1 Å². The van der Waals surface area contributed by atoms with Gasteiger partial charge < -0.3 is 9.47 Å². The predicted octanol–water partition coefficient (Wildman–Crippen LogP) is 3.17. The minimum atomic E-state index is 0.0733. The van der Waals surface area contributed by atoms with Crippen LogP contribution in [-0.4, -0.2) is 24.2 Å². The van der Waals surface area contributed by atoms with Crippen LogP contribution >= 0.6 is 11.6 Å². The molecule has 2 rings (SSSR count). The molecule has 2 aromatic rings. The molecule has 0 aliphatic carbocycles. The zero-order chi connectivity index (χ0) is 13.8. The molecule has 1 aromatic heterocycles. The predicted molar refractivity (Wildman–Crippen MR) is 69.8 cm³/mol. The molecule has 19 heavy (non-hydrogen) atoms. The van der Waals surface area contributed by atoms with Crippen molar-refractivity contribution in [3.05, 3.63) is 35.7 Å². The van der Waals surface area contributed by atoms with Gasteiger partial charge in [0.05, 0.1) is 19.9 Å². The quantitative estimate of drug-likeness (QED) is 0.807. The summed E-state index contributed by atoms with van der Waals surface area (Å²) in [6.07, 6.45) is 2.68. The first-order valence-electron chi connectivity index (χ1n) is 5.31. The first kappa shape index (κ1) is 13.4. The van der Waals surface area contributed by atoms with Gasteiger partial charge in [0.25, 0.3) is 0 Å². The van der Waals surface area contributed by atoms with E-state index in [0.29, 0.717) is 10.9 Å². The molecular weight excluding hydrogens is 273 g/mol. The number of methoxy groups -OCH3 is 2. The molecule has 1 aromatic carbocycles. The summed E-state index contributed by atoms with van der Waals surface area (Å²) < 4.78 is 24.4. The molecule has 7 heteroatoms. The first-order chi connectivity index (χ1) is 9.19. The first-order valence-corrected chi connectivity index (χ1v) is 5.69. The number of hydrogen-bond acceptors (Lipinski definition) is 5. The average molecular weight is 284 g/mol. The Morgan fingerprint density at radius 2 is 2.00 bits per heavy atom. The molecule has 0 spiro atoms. The second-order valence-corrected chi connectivity index (χ2v) is 3.86. The summed E-state index contributed by atoms with van der Waals surface area (Å²) in [5.74, 6) is 0.759. The number of ether oxygens (including phenoxy) is 2. The molecule has 100 valence electrons. The van der Waals surface area contributed by atoms with Gasteiger partial charge in [-0.05, 0) is 12.1 Å². The maximum absolute atomic E-state index is 14.2. The summed E-state index contributed by atoms with van der Waals surface area (Å²) in [5.41, 5.74) is 0.109. The van der Waals surface area contributed by atoms with Crippen LogP contribution in [0.2, 0.25) is 5.02 Å². The number of rotatable bonds is 4. The Kier molecular flexibility index (Phi) is 4.01. The maximum atomic E-state index is 14.2. The molecular formula is C12H11ClFN3O2. The standard InChI is InChI=1S/C12H11ClFN3O2/c1-18-9-4-3-8(11(13)12(9)19-2)17(14)10-5-6-15-7-16-10/h3-7H,1-2H3. The molecule has 0 atom stereocenters. The molecule has 0 aliphatic heterocycles. The Bertz CT molecular complexity index is 568. The van der Waals surface area contributed by atoms with E-state index in [2.05, 4.69) is 9.97 Å². The summed E-state index contributed by atoms with van der Waals surface area (Å²) >= 11 is 6.11. The summed E-state index contributed by atoms with van der Waals surface area (Å²) in [7, 11) is 2.91. The van der Waals surface area contributed by atoms with Crippen LogP contribution in [0.1, 0.15) is 0 Å². The summed E-state index contributed by atoms with van der Waals surface area (Å²) in [6, 6.07) is 4.46. The number of benzene rings is 1. The van der Waals surface area contributed by atoms with Gasteiger partial charge in [-0.15, -0.1) is 0 Å². The van der Waals surface area contributed by atoms with E-state index in [0.717, 1.165) is 0 Å². The number of halogens is 2. The van der Waals surface area contributed by atoms with E-state index in [4.69, 9.17) is 21.1 Å². The molecule has 1 heterocycles. The zero-order valence-electron chi connectivity index (χ0n) is 10.3. The van der Waals surface area contributed by atoms with Gasteiger partial charge in [-0.2, -0.15) is 5.12 Å². The topological polar surface area (TPSA) is 47.5 Å². The third-order valence-corrected chi connectivity index (χ3v) is 2.81. The van der Waals surface area contributed by atoms with E-state index in [1.165, 1.54) is 38.9 Å². The van der Waals surface area contributed by atoms with Crippen LogP contribution in [0.15, 0.2) is 30.7 Å². The SMILES string of the molecule is COc1ccc(N(F)c2ccncn2)c(Cl)c1OC. The van der Waals surface area contributed by atoms with E-state index >= 15 is 0 Å². The van der Waals surface area contributed by atoms with Crippen molar-refractivity contribution in [2.75, 3.05) is 19.3 Å². The number of anilines is 2. The van der Waals surface area contributed by atoms with Crippen molar-refractivity contribution in [3.63, 3.8) is 0 Å². The zero-order valence-corrected chi connectivity index (χ0v) is 11.1. The van der Waals surface area contributed by atoms with Crippen molar-refractivity contribution >= 4 is 23.1 Å². The van der Waals surface area contributed by atoms with Crippen molar-refractivity contribution in [2.45, 2.75) is 0 Å². The van der Waals surface area contributed by atoms with Gasteiger partial charge >= 0.3 is 0 Å². The van der Waals surface area contributed by atoms with Crippen LogP contribution in [-0.2, 0) is 0 Å². The molecule has 0 amide bonds. The Hall–Kier alpha value is -2.08. The molecule has 0 saturated carbocycles. The van der Waals surface area contributed by atoms with E-state index in [9.17, 15) is 4.48 Å². The highest BCUT2D eigenvalue weighted by molar-refractivity contribution is 6.35. The lowest BCUT2D eigenvalue weighted by Gasteiger charge is -2.17. The van der Waals surface area contributed by atoms with Crippen molar-refractivity contribution in [1.82, 2.24) is 9.97 Å². The molecule has 0 N–H and O–H groups in total. The van der Waals surface area contributed by atoms with Gasteiger partial charge in [-0.3, -0.25) is 0 Å². The van der Waals surface area contributed by atoms with Crippen LogP contribution in [0.5, 0.6) is 11.5 Å². The van der Waals surface area contributed by atoms with Gasteiger partial charge in [-0.25, -0.2) is 9.97 Å². The summed E-state index contributed by atoms with van der Waals surface area (Å²) in [5, 5.41) is 0.453. The molecule has 0 radical (unpaired) electrons. The van der Waals surface area contributed by atoms with E-state index in [1.54, 1.807) is 6.07 Å². The second-order valence-electron chi connectivity index (χ2n) is 3.48. The second kappa shape index (κ2) is 5.71. The highest BCUT2D eigenvalue weighted by Crippen LogP contribution is 2.43. The highest BCUT2D eigenvalue weighted by Gasteiger charge is 2.19. The fraction of sp³-hybridized carbons (Fsp3) is 0.167. The van der Waals surface area contributed by atoms with E-state index < -0.39 is 0 Å². The van der Waals surface area contributed by atoms with Crippen LogP contribution in [0, 0.1) is 0 Å². The monoisotopic (exact) mass is 283 g/mol. The minimum Gasteiger partial charge on any atom is -0.493 e. The van der Waals surface area contributed by atoms with Crippen molar-refractivity contribution in [2.24, 2.45) is 0 Å². The van der Waals surface area contributed by atoms with Crippen molar-refractivity contribution < 1.29 is 14.0 Å². The smallest absolute Gasteiger partial charge is 0.181 e. The highest BCUT2D eigenvalue weighted by atomic mass is 35.5. The number of aromatic nitrogens is 2. The molecule has 0 bridgehead atoms. The van der Waals surface area contributed by atoms with Crippen LogP contribution in [0.25, 0.3) is 0 Å². The average Bonchev–Trinajstić information content (AvgIpc) is 2.47. The Balaban J connectivity index is 2.46. The number of nitrogens with zero attached hydrogens (tertiary/aromatic N) is 3. The molecule has 0 aliphatic rings. The third-order valence-electron chi connectivity index (χ3n) is 2.44. The molecule has 5 nitrogen and oxygen atoms in total. The lowest BCUT2D eigenvalue weighted by Crippen LogP contribution is -2.07. The minimum absolute atomic E-state index is 0.0733. The Morgan fingerprint density at radius 1 is 1.21 bits per heavy atom. The van der Waals surface area contributed by atoms with Gasteiger partial charge in [0.15, 0.2) is 17.3 Å². The van der Waals surface area contributed by atoms with E-state index in [1.807, 2.05) is 0 Å². The Morgan fingerprint density at radius 3 is 2.58 bits per heavy atom. The maximum Gasteiger partial charge on any atom is 0.181 e. The van der Waals surface area contributed by atoms with Gasteiger partial charge in [0.2, 0.25) is 0 Å². The largest absolute Gasteiger partial charge is 0.493 e. The third kappa shape index (κ3) is 2.53. The lowest BCUT2D eigenvalue weighted by molar-refractivity contribution is 0.354. The normalized spacial score (nSPS) is 10.1. The van der Waals surface area contributed by atoms with Crippen molar-refractivity contribution in [3.8, 4) is 11.5 Å². The lowest BCUT2D eigenvalue weighted by atomic mass is 10.2. The van der Waals surface area contributed by atoms with Gasteiger partial charge in [0, 0.05) is 12.3 Å². The fourth-order valence-electron chi connectivity index (χ4n) is 1.55. The summed E-state index contributed by atoms with van der Waals surface area (Å²) in [4.78, 5) is 7.53. The number of hydrogen-bond donors (Lipinski definition) is 0. The fourth-order valence-corrected chi connectivity index (χ4v) is 1.86. The van der Waals surface area contributed by atoms with Crippen LogP contribution in [0.4, 0.5) is 16.0 Å². The molecule has 0 unspecified atom stereocenters. The summed E-state index contributed by atoms with van der Waals surface area (Å²) in [6.45, 7) is 0.